The van der Waals surface area contributed by atoms with Crippen LogP contribution in [0.25, 0.3) is 0 Å². The third-order valence-electron chi connectivity index (χ3n) is 3.00. The van der Waals surface area contributed by atoms with Gasteiger partial charge in [-0.15, -0.1) is 0 Å². The molecule has 0 aromatic heterocycles. The van der Waals surface area contributed by atoms with Crippen LogP contribution >= 0.6 is 11.8 Å². The minimum atomic E-state index is -0.939. The van der Waals surface area contributed by atoms with Crippen molar-refractivity contribution >= 4 is 23.6 Å². The van der Waals surface area contributed by atoms with Crippen LogP contribution < -0.4 is 5.32 Å². The Morgan fingerprint density at radius 2 is 1.79 bits per heavy atom. The molecule has 0 radical (unpaired) electrons. The maximum absolute atomic E-state index is 11.6. The Kier molecular flexibility index (Phi) is 11.9. The molecule has 0 saturated carbocycles. The summed E-state index contributed by atoms with van der Waals surface area (Å²) in [5.74, 6) is -0.330. The van der Waals surface area contributed by atoms with Crippen LogP contribution in [-0.2, 0) is 9.59 Å². The monoisotopic (exact) mass is 289 g/mol. The third kappa shape index (κ3) is 10.9. The van der Waals surface area contributed by atoms with E-state index in [1.165, 1.54) is 19.3 Å². The molecule has 0 aliphatic heterocycles. The van der Waals surface area contributed by atoms with E-state index < -0.39 is 12.0 Å². The second-order valence-electron chi connectivity index (χ2n) is 4.76. The number of hydrogen-bond acceptors (Lipinski definition) is 3. The van der Waals surface area contributed by atoms with Gasteiger partial charge in [-0.3, -0.25) is 4.79 Å². The topological polar surface area (TPSA) is 66.4 Å². The number of unbranched alkanes of at least 4 members (excludes halogenated alkanes) is 5. The molecule has 0 saturated heterocycles. The highest BCUT2D eigenvalue weighted by molar-refractivity contribution is 7.98. The number of hydrogen-bond donors (Lipinski definition) is 2. The van der Waals surface area contributed by atoms with Gasteiger partial charge in [0.05, 0.1) is 0 Å². The maximum atomic E-state index is 11.6. The predicted molar refractivity (Wildman–Crippen MR) is 80.6 cm³/mol. The molecule has 0 aromatic carbocycles. The summed E-state index contributed by atoms with van der Waals surface area (Å²) in [5, 5.41) is 11.6. The SMILES string of the molecule is CCCCCCCCC(=O)N[C@H](CCSC)C(=O)O. The Balaban J connectivity index is 3.71. The van der Waals surface area contributed by atoms with E-state index in [1.807, 2.05) is 6.26 Å². The number of carboxylic acids is 1. The molecule has 0 unspecified atom stereocenters. The summed E-state index contributed by atoms with van der Waals surface area (Å²) in [5.41, 5.74) is 0. The van der Waals surface area contributed by atoms with E-state index in [0.29, 0.717) is 12.8 Å². The average molecular weight is 289 g/mol. The molecule has 0 rings (SSSR count). The van der Waals surface area contributed by atoms with E-state index in [2.05, 4.69) is 12.2 Å². The van der Waals surface area contributed by atoms with Crippen LogP contribution in [0.15, 0.2) is 0 Å². The number of thioether (sulfide) groups is 1. The Morgan fingerprint density at radius 1 is 1.16 bits per heavy atom. The minimum absolute atomic E-state index is 0.135. The van der Waals surface area contributed by atoms with Gasteiger partial charge in [-0.25, -0.2) is 4.79 Å². The summed E-state index contributed by atoms with van der Waals surface area (Å²) in [6.45, 7) is 2.17. The molecule has 0 aromatic rings. The second kappa shape index (κ2) is 12.3. The zero-order valence-electron chi connectivity index (χ0n) is 12.1. The first-order chi connectivity index (χ1) is 9.11. The standard InChI is InChI=1S/C14H27NO3S/c1-3-4-5-6-7-8-9-13(16)15-12(14(17)18)10-11-19-2/h12H,3-11H2,1-2H3,(H,15,16)(H,17,18)/t12-/m1/s1. The van der Waals surface area contributed by atoms with Crippen LogP contribution in [0.4, 0.5) is 0 Å². The molecule has 0 aliphatic carbocycles. The minimum Gasteiger partial charge on any atom is -0.480 e. The Hall–Kier alpha value is -0.710. The normalized spacial score (nSPS) is 12.1. The van der Waals surface area contributed by atoms with Gasteiger partial charge < -0.3 is 10.4 Å². The van der Waals surface area contributed by atoms with E-state index in [0.717, 1.165) is 25.0 Å². The van der Waals surface area contributed by atoms with Crippen molar-refractivity contribution in [2.75, 3.05) is 12.0 Å². The molecule has 0 fully saturated rings. The quantitative estimate of drug-likeness (QED) is 0.542. The van der Waals surface area contributed by atoms with Gasteiger partial charge in [0.15, 0.2) is 0 Å². The molecule has 0 aliphatic rings. The molecular weight excluding hydrogens is 262 g/mol. The summed E-state index contributed by atoms with van der Waals surface area (Å²) in [4.78, 5) is 22.6. The Bertz CT molecular complexity index is 259. The molecule has 1 atom stereocenters. The number of carbonyl (C=O) groups excluding carboxylic acids is 1. The molecule has 112 valence electrons. The van der Waals surface area contributed by atoms with Crippen molar-refractivity contribution in [1.29, 1.82) is 0 Å². The fourth-order valence-corrected chi connectivity index (χ4v) is 2.30. The first-order valence-corrected chi connectivity index (χ1v) is 8.52. The summed E-state index contributed by atoms with van der Waals surface area (Å²) in [6.07, 6.45) is 9.61. The number of carboxylic acid groups (broad SMARTS) is 1. The molecule has 2 N–H and O–H groups in total. The average Bonchev–Trinajstić information content (AvgIpc) is 2.38. The molecule has 0 bridgehead atoms. The van der Waals surface area contributed by atoms with Gasteiger partial charge in [-0.1, -0.05) is 39.0 Å². The first-order valence-electron chi connectivity index (χ1n) is 7.13. The van der Waals surface area contributed by atoms with Crippen LogP contribution in [0, 0.1) is 0 Å². The second-order valence-corrected chi connectivity index (χ2v) is 5.74. The summed E-state index contributed by atoms with van der Waals surface area (Å²) in [7, 11) is 0. The molecular formula is C14H27NO3S. The van der Waals surface area contributed by atoms with Crippen molar-refractivity contribution in [3.63, 3.8) is 0 Å². The van der Waals surface area contributed by atoms with Gasteiger partial charge in [-0.2, -0.15) is 11.8 Å². The maximum Gasteiger partial charge on any atom is 0.326 e. The lowest BCUT2D eigenvalue weighted by Crippen LogP contribution is -2.41. The van der Waals surface area contributed by atoms with Gasteiger partial charge in [0.25, 0.3) is 0 Å². The predicted octanol–water partition coefficient (Wildman–Crippen LogP) is 3.06. The van der Waals surface area contributed by atoms with E-state index in [4.69, 9.17) is 5.11 Å². The summed E-state index contributed by atoms with van der Waals surface area (Å²) in [6, 6.07) is -0.736. The van der Waals surface area contributed by atoms with E-state index >= 15 is 0 Å². The molecule has 5 heteroatoms. The van der Waals surface area contributed by atoms with Crippen LogP contribution in [0.3, 0.4) is 0 Å². The molecule has 1 amide bonds. The summed E-state index contributed by atoms with van der Waals surface area (Å²) >= 11 is 1.59. The van der Waals surface area contributed by atoms with E-state index in [9.17, 15) is 9.59 Å². The van der Waals surface area contributed by atoms with E-state index in [1.54, 1.807) is 11.8 Å². The number of rotatable bonds is 12. The fraction of sp³-hybridized carbons (Fsp3) is 0.857. The fourth-order valence-electron chi connectivity index (χ4n) is 1.83. The number of carbonyl (C=O) groups is 2. The first kappa shape index (κ1) is 18.3. The Labute approximate surface area is 120 Å². The molecule has 19 heavy (non-hydrogen) atoms. The molecule has 0 spiro atoms. The molecule has 0 heterocycles. The van der Waals surface area contributed by atoms with E-state index in [-0.39, 0.29) is 5.91 Å². The van der Waals surface area contributed by atoms with Crippen molar-refractivity contribution in [2.24, 2.45) is 0 Å². The summed E-state index contributed by atoms with van der Waals surface area (Å²) < 4.78 is 0. The largest absolute Gasteiger partial charge is 0.480 e. The van der Waals surface area contributed by atoms with Crippen LogP contribution in [0.2, 0.25) is 0 Å². The number of amides is 1. The number of aliphatic carboxylic acids is 1. The number of nitrogens with one attached hydrogen (secondary N) is 1. The van der Waals surface area contributed by atoms with Gasteiger partial charge in [0.1, 0.15) is 6.04 Å². The van der Waals surface area contributed by atoms with Crippen LogP contribution in [0.1, 0.15) is 58.3 Å². The third-order valence-corrected chi connectivity index (χ3v) is 3.65. The van der Waals surface area contributed by atoms with Crippen molar-refractivity contribution in [3.8, 4) is 0 Å². The van der Waals surface area contributed by atoms with Gasteiger partial charge >= 0.3 is 5.97 Å². The van der Waals surface area contributed by atoms with Crippen molar-refractivity contribution in [1.82, 2.24) is 5.32 Å². The highest BCUT2D eigenvalue weighted by Crippen LogP contribution is 2.07. The lowest BCUT2D eigenvalue weighted by Gasteiger charge is -2.13. The smallest absolute Gasteiger partial charge is 0.326 e. The highest BCUT2D eigenvalue weighted by Gasteiger charge is 2.18. The zero-order valence-corrected chi connectivity index (χ0v) is 12.9. The molecule has 4 nitrogen and oxygen atoms in total. The van der Waals surface area contributed by atoms with Crippen LogP contribution in [-0.4, -0.2) is 35.0 Å². The van der Waals surface area contributed by atoms with Crippen molar-refractivity contribution < 1.29 is 14.7 Å². The van der Waals surface area contributed by atoms with Gasteiger partial charge in [0, 0.05) is 6.42 Å². The highest BCUT2D eigenvalue weighted by atomic mass is 32.2. The lowest BCUT2D eigenvalue weighted by molar-refractivity contribution is -0.141. The Morgan fingerprint density at radius 3 is 2.37 bits per heavy atom. The van der Waals surface area contributed by atoms with Gasteiger partial charge in [0.2, 0.25) is 5.91 Å². The van der Waals surface area contributed by atoms with Crippen LogP contribution in [0.5, 0.6) is 0 Å². The van der Waals surface area contributed by atoms with Gasteiger partial charge in [-0.05, 0) is 24.9 Å². The zero-order chi connectivity index (χ0) is 14.5. The van der Waals surface area contributed by atoms with Crippen molar-refractivity contribution in [2.45, 2.75) is 64.3 Å². The lowest BCUT2D eigenvalue weighted by atomic mass is 10.1. The van der Waals surface area contributed by atoms with Crippen molar-refractivity contribution in [3.05, 3.63) is 0 Å².